The highest BCUT2D eigenvalue weighted by molar-refractivity contribution is 5.92. The zero-order valence-corrected chi connectivity index (χ0v) is 17.6. The van der Waals surface area contributed by atoms with E-state index in [1.165, 1.54) is 4.57 Å². The molecule has 0 saturated heterocycles. The third-order valence-corrected chi connectivity index (χ3v) is 6.17. The number of nitrogens with two attached hydrogens (primary N) is 1. The number of nitrogens with zero attached hydrogens (tertiary/aromatic N) is 2. The van der Waals surface area contributed by atoms with Crippen LogP contribution in [0.5, 0.6) is 5.75 Å². The van der Waals surface area contributed by atoms with Crippen LogP contribution in [0.4, 0.5) is 0 Å². The molecule has 7 heteroatoms. The van der Waals surface area contributed by atoms with Crippen molar-refractivity contribution in [1.29, 1.82) is 0 Å². The summed E-state index contributed by atoms with van der Waals surface area (Å²) >= 11 is 0. The highest BCUT2D eigenvalue weighted by Gasteiger charge is 2.37. The number of aliphatic hydroxyl groups is 1. The first kappa shape index (κ1) is 21.6. The van der Waals surface area contributed by atoms with Crippen LogP contribution in [-0.4, -0.2) is 39.9 Å². The summed E-state index contributed by atoms with van der Waals surface area (Å²) in [5.41, 5.74) is 6.61. The maximum Gasteiger partial charge on any atom is 0.336 e. The molecule has 1 heterocycles. The van der Waals surface area contributed by atoms with Crippen LogP contribution in [0, 0.1) is 23.7 Å². The fourth-order valence-electron chi connectivity index (χ4n) is 4.70. The Balaban J connectivity index is 2.09. The summed E-state index contributed by atoms with van der Waals surface area (Å²) in [5, 5.41) is 8.99. The van der Waals surface area contributed by atoms with E-state index in [-0.39, 0.29) is 36.6 Å². The Hall–Kier alpha value is -2.12. The van der Waals surface area contributed by atoms with Crippen LogP contribution in [0.3, 0.4) is 0 Å². The van der Waals surface area contributed by atoms with Crippen LogP contribution in [0.25, 0.3) is 11.0 Å². The van der Waals surface area contributed by atoms with Gasteiger partial charge in [0.05, 0.1) is 17.6 Å². The Bertz CT molecular complexity index is 915. The van der Waals surface area contributed by atoms with E-state index in [4.69, 9.17) is 15.6 Å². The quantitative estimate of drug-likeness (QED) is 0.740. The number of rotatable bonds is 7. The lowest BCUT2D eigenvalue weighted by Gasteiger charge is -2.36. The Kier molecular flexibility index (Phi) is 6.80. The van der Waals surface area contributed by atoms with E-state index in [0.29, 0.717) is 41.7 Å². The van der Waals surface area contributed by atoms with Crippen LogP contribution >= 0.6 is 0 Å². The average molecular weight is 404 g/mol. The lowest BCUT2D eigenvalue weighted by molar-refractivity contribution is 0.0633. The van der Waals surface area contributed by atoms with Gasteiger partial charge in [-0.2, -0.15) is 0 Å². The highest BCUT2D eigenvalue weighted by Crippen LogP contribution is 2.39. The second-order valence-electron chi connectivity index (χ2n) is 8.55. The van der Waals surface area contributed by atoms with Gasteiger partial charge in [-0.05, 0) is 42.7 Å². The number of aliphatic hydroxyl groups excluding tert-OH is 1. The molecule has 160 valence electrons. The first-order valence-electron chi connectivity index (χ1n) is 10.6. The van der Waals surface area contributed by atoms with Crippen molar-refractivity contribution in [3.63, 3.8) is 0 Å². The van der Waals surface area contributed by atoms with E-state index in [1.54, 1.807) is 22.8 Å². The van der Waals surface area contributed by atoms with Gasteiger partial charge in [-0.1, -0.05) is 27.2 Å². The molecule has 0 aliphatic heterocycles. The van der Waals surface area contributed by atoms with Crippen molar-refractivity contribution >= 4 is 16.9 Å². The maximum atomic E-state index is 13.6. The molecule has 1 aromatic heterocycles. The molecule has 3 rings (SSSR count). The summed E-state index contributed by atoms with van der Waals surface area (Å²) in [4.78, 5) is 26.8. The van der Waals surface area contributed by atoms with Gasteiger partial charge >= 0.3 is 5.69 Å². The maximum absolute atomic E-state index is 13.6. The molecule has 0 amide bonds. The van der Waals surface area contributed by atoms with E-state index < -0.39 is 0 Å². The van der Waals surface area contributed by atoms with Crippen LogP contribution in [0.2, 0.25) is 0 Å². The van der Waals surface area contributed by atoms with Crippen molar-refractivity contribution in [2.75, 3.05) is 19.8 Å². The van der Waals surface area contributed by atoms with Crippen LogP contribution < -0.4 is 16.2 Å². The van der Waals surface area contributed by atoms with Crippen molar-refractivity contribution in [2.24, 2.45) is 29.4 Å². The summed E-state index contributed by atoms with van der Waals surface area (Å²) in [7, 11) is 0. The number of hydrogen-bond acceptors (Lipinski definition) is 5. The van der Waals surface area contributed by atoms with Crippen LogP contribution in [0.1, 0.15) is 44.8 Å². The summed E-state index contributed by atoms with van der Waals surface area (Å²) in [5.74, 6) is 1.44. The molecule has 1 aromatic carbocycles. The number of hydrogen-bond donors (Lipinski definition) is 2. The molecule has 1 fully saturated rings. The number of imidazole rings is 1. The van der Waals surface area contributed by atoms with E-state index in [9.17, 15) is 9.59 Å². The molecular formula is C22H33N3O4. The Morgan fingerprint density at radius 3 is 2.72 bits per heavy atom. The molecule has 2 aromatic rings. The number of fused-ring (bicyclic) bond motifs is 1. The monoisotopic (exact) mass is 403 g/mol. The molecule has 1 aliphatic rings. The minimum absolute atomic E-state index is 0.0937. The van der Waals surface area contributed by atoms with Crippen molar-refractivity contribution in [2.45, 2.75) is 46.6 Å². The zero-order valence-electron chi connectivity index (χ0n) is 17.6. The van der Waals surface area contributed by atoms with Gasteiger partial charge in [0.2, 0.25) is 5.91 Å². The minimum Gasteiger partial charge on any atom is -0.491 e. The zero-order chi connectivity index (χ0) is 21.1. The van der Waals surface area contributed by atoms with Gasteiger partial charge < -0.3 is 15.6 Å². The summed E-state index contributed by atoms with van der Waals surface area (Å²) in [6.07, 6.45) is 2.96. The second kappa shape index (κ2) is 9.13. The topological polar surface area (TPSA) is 99.5 Å². The predicted molar refractivity (Wildman–Crippen MR) is 113 cm³/mol. The number of carbonyl (C=O) groups is 1. The Morgan fingerprint density at radius 2 is 2.07 bits per heavy atom. The van der Waals surface area contributed by atoms with Crippen molar-refractivity contribution in [1.82, 2.24) is 9.13 Å². The van der Waals surface area contributed by atoms with E-state index >= 15 is 0 Å². The van der Waals surface area contributed by atoms with Gasteiger partial charge in [0.25, 0.3) is 0 Å². The number of aromatic nitrogens is 2. The molecule has 0 radical (unpaired) electrons. The Labute approximate surface area is 171 Å². The normalized spacial score (nSPS) is 22.3. The second-order valence-corrected chi connectivity index (χ2v) is 8.55. The molecule has 0 bridgehead atoms. The van der Waals surface area contributed by atoms with Gasteiger partial charge in [0, 0.05) is 25.1 Å². The molecule has 29 heavy (non-hydrogen) atoms. The first-order chi connectivity index (χ1) is 13.9. The standard InChI is InChI=1S/C22H33N3O4/c1-14(2)17-6-4-15(3)12-18(17)21(27)25-19-7-5-16(29-11-10-26)13-20(19)24(9-8-23)22(25)28/h5,7,13-15,17-18,26H,4,6,8-12,23H2,1-3H3. The predicted octanol–water partition coefficient (Wildman–Crippen LogP) is 2.48. The lowest BCUT2D eigenvalue weighted by Crippen LogP contribution is -2.40. The molecule has 0 spiro atoms. The molecule has 3 unspecified atom stereocenters. The molecular weight excluding hydrogens is 370 g/mol. The summed E-state index contributed by atoms with van der Waals surface area (Å²) < 4.78 is 8.39. The van der Waals surface area contributed by atoms with E-state index in [2.05, 4.69) is 20.8 Å². The largest absolute Gasteiger partial charge is 0.491 e. The van der Waals surface area contributed by atoms with Gasteiger partial charge in [0.1, 0.15) is 12.4 Å². The molecule has 1 saturated carbocycles. The summed E-state index contributed by atoms with van der Waals surface area (Å²) in [6.45, 7) is 7.20. The fourth-order valence-corrected chi connectivity index (χ4v) is 4.70. The van der Waals surface area contributed by atoms with Crippen molar-refractivity contribution in [3.05, 3.63) is 28.7 Å². The molecule has 1 aliphatic carbocycles. The highest BCUT2D eigenvalue weighted by atomic mass is 16.5. The molecule has 7 nitrogen and oxygen atoms in total. The van der Waals surface area contributed by atoms with Crippen molar-refractivity contribution < 1.29 is 14.6 Å². The van der Waals surface area contributed by atoms with Gasteiger partial charge in [-0.3, -0.25) is 9.36 Å². The number of ether oxygens (including phenoxy) is 1. The van der Waals surface area contributed by atoms with Gasteiger partial charge in [0.15, 0.2) is 0 Å². The lowest BCUT2D eigenvalue weighted by atomic mass is 9.69. The van der Waals surface area contributed by atoms with E-state index in [0.717, 1.165) is 19.3 Å². The van der Waals surface area contributed by atoms with Gasteiger partial charge in [-0.25, -0.2) is 9.36 Å². The van der Waals surface area contributed by atoms with Crippen LogP contribution in [0.15, 0.2) is 23.0 Å². The average Bonchev–Trinajstić information content (AvgIpc) is 2.97. The van der Waals surface area contributed by atoms with E-state index in [1.807, 2.05) is 0 Å². The number of benzene rings is 1. The molecule has 3 N–H and O–H groups in total. The third-order valence-electron chi connectivity index (χ3n) is 6.17. The SMILES string of the molecule is CC1CCC(C(C)C)C(C(=O)n2c(=O)n(CCN)c3cc(OCCO)ccc32)C1. The number of carbonyl (C=O) groups excluding carboxylic acids is 1. The minimum atomic E-state index is -0.338. The van der Waals surface area contributed by atoms with Crippen molar-refractivity contribution in [3.8, 4) is 5.75 Å². The first-order valence-corrected chi connectivity index (χ1v) is 10.6. The fraction of sp³-hybridized carbons (Fsp3) is 0.636. The third kappa shape index (κ3) is 4.26. The smallest absolute Gasteiger partial charge is 0.336 e. The Morgan fingerprint density at radius 1 is 1.31 bits per heavy atom. The molecule has 3 atom stereocenters. The van der Waals surface area contributed by atoms with Crippen LogP contribution in [-0.2, 0) is 6.54 Å². The summed E-state index contributed by atoms with van der Waals surface area (Å²) in [6, 6.07) is 5.23. The van der Waals surface area contributed by atoms with Gasteiger partial charge in [-0.15, -0.1) is 0 Å².